The standard InChI is InChI=1S/C24H35N7O/c1-4-25-24(27-20-11-12-21-28-23(17(2)3)29-31(21)16-20)26-13-7-10-22(32)30-14-18-8-5-6-9-19(18)15-30/h5-6,8-9,17,20H,4,7,10-16H2,1-3H3,(H2,25,26,27). The van der Waals surface area contributed by atoms with Gasteiger partial charge in [-0.3, -0.25) is 9.79 Å². The molecule has 2 aliphatic rings. The van der Waals surface area contributed by atoms with Gasteiger partial charge < -0.3 is 15.5 Å². The van der Waals surface area contributed by atoms with E-state index < -0.39 is 0 Å². The van der Waals surface area contributed by atoms with Crippen molar-refractivity contribution in [3.05, 3.63) is 47.0 Å². The summed E-state index contributed by atoms with van der Waals surface area (Å²) in [6.07, 6.45) is 3.21. The van der Waals surface area contributed by atoms with Crippen molar-refractivity contribution < 1.29 is 4.79 Å². The molecule has 0 radical (unpaired) electrons. The lowest BCUT2D eigenvalue weighted by Gasteiger charge is -2.25. The summed E-state index contributed by atoms with van der Waals surface area (Å²) in [5.41, 5.74) is 2.53. The minimum absolute atomic E-state index is 0.210. The zero-order chi connectivity index (χ0) is 22.5. The number of amides is 1. The van der Waals surface area contributed by atoms with Gasteiger partial charge in [-0.1, -0.05) is 38.1 Å². The minimum atomic E-state index is 0.210. The van der Waals surface area contributed by atoms with E-state index in [-0.39, 0.29) is 11.9 Å². The molecule has 0 spiro atoms. The molecule has 1 aromatic carbocycles. The third kappa shape index (κ3) is 5.29. The number of hydrogen-bond acceptors (Lipinski definition) is 4. The molecule has 1 unspecified atom stereocenters. The van der Waals surface area contributed by atoms with E-state index in [4.69, 9.17) is 4.99 Å². The van der Waals surface area contributed by atoms with Crippen molar-refractivity contribution in [2.24, 2.45) is 4.99 Å². The second-order valence-corrected chi connectivity index (χ2v) is 8.99. The number of guanidine groups is 1. The Labute approximate surface area is 190 Å². The summed E-state index contributed by atoms with van der Waals surface area (Å²) >= 11 is 0. The summed E-state index contributed by atoms with van der Waals surface area (Å²) in [7, 11) is 0. The third-order valence-electron chi connectivity index (χ3n) is 6.09. The number of carbonyl (C=O) groups is 1. The molecule has 8 heteroatoms. The van der Waals surface area contributed by atoms with Gasteiger partial charge in [0.05, 0.1) is 6.54 Å². The number of hydrogen-bond donors (Lipinski definition) is 2. The van der Waals surface area contributed by atoms with Gasteiger partial charge >= 0.3 is 0 Å². The van der Waals surface area contributed by atoms with E-state index in [1.54, 1.807) is 0 Å². The van der Waals surface area contributed by atoms with Crippen LogP contribution in [-0.2, 0) is 30.8 Å². The van der Waals surface area contributed by atoms with Crippen LogP contribution in [0.5, 0.6) is 0 Å². The van der Waals surface area contributed by atoms with Crippen molar-refractivity contribution in [2.75, 3.05) is 13.1 Å². The van der Waals surface area contributed by atoms with Gasteiger partial charge in [-0.25, -0.2) is 9.67 Å². The fourth-order valence-corrected chi connectivity index (χ4v) is 4.29. The average Bonchev–Trinajstić information content (AvgIpc) is 3.40. The van der Waals surface area contributed by atoms with Gasteiger partial charge in [0.2, 0.25) is 5.91 Å². The Balaban J connectivity index is 1.25. The van der Waals surface area contributed by atoms with Crippen LogP contribution in [0.2, 0.25) is 0 Å². The molecule has 32 heavy (non-hydrogen) atoms. The lowest BCUT2D eigenvalue weighted by molar-refractivity contribution is -0.131. The molecule has 1 amide bonds. The van der Waals surface area contributed by atoms with Crippen LogP contribution >= 0.6 is 0 Å². The van der Waals surface area contributed by atoms with Gasteiger partial charge in [0.15, 0.2) is 11.8 Å². The number of benzene rings is 1. The summed E-state index contributed by atoms with van der Waals surface area (Å²) in [6.45, 7) is 10.0. The Bertz CT molecular complexity index is 940. The number of aromatic nitrogens is 3. The van der Waals surface area contributed by atoms with Crippen LogP contribution in [0.3, 0.4) is 0 Å². The number of fused-ring (bicyclic) bond motifs is 2. The molecule has 0 bridgehead atoms. The molecule has 4 rings (SSSR count). The van der Waals surface area contributed by atoms with Crippen molar-refractivity contribution >= 4 is 11.9 Å². The minimum Gasteiger partial charge on any atom is -0.357 e. The summed E-state index contributed by atoms with van der Waals surface area (Å²) in [6, 6.07) is 8.56. The van der Waals surface area contributed by atoms with Crippen molar-refractivity contribution in [2.45, 2.75) is 78.0 Å². The highest BCUT2D eigenvalue weighted by atomic mass is 16.2. The molecule has 0 aliphatic carbocycles. The zero-order valence-corrected chi connectivity index (χ0v) is 19.5. The second-order valence-electron chi connectivity index (χ2n) is 8.99. The second kappa shape index (κ2) is 10.1. The van der Waals surface area contributed by atoms with E-state index in [1.165, 1.54) is 11.1 Å². The molecular formula is C24H35N7O. The van der Waals surface area contributed by atoms with Gasteiger partial charge in [0.1, 0.15) is 5.82 Å². The monoisotopic (exact) mass is 437 g/mol. The molecule has 8 nitrogen and oxygen atoms in total. The Morgan fingerprint density at radius 1 is 1.25 bits per heavy atom. The molecular weight excluding hydrogens is 402 g/mol. The molecule has 0 fully saturated rings. The van der Waals surface area contributed by atoms with Crippen LogP contribution in [0.15, 0.2) is 29.3 Å². The predicted octanol–water partition coefficient (Wildman–Crippen LogP) is 2.59. The SMILES string of the molecule is CCNC(=NCCCC(=O)N1Cc2ccccc2C1)NC1CCc2nc(C(C)C)nn2C1. The van der Waals surface area contributed by atoms with Gasteiger partial charge in [0, 0.05) is 51.0 Å². The molecule has 2 N–H and O–H groups in total. The van der Waals surface area contributed by atoms with Gasteiger partial charge in [-0.2, -0.15) is 5.10 Å². The highest BCUT2D eigenvalue weighted by molar-refractivity contribution is 5.80. The van der Waals surface area contributed by atoms with Gasteiger partial charge in [-0.05, 0) is 30.9 Å². The van der Waals surface area contributed by atoms with Crippen molar-refractivity contribution in [1.82, 2.24) is 30.3 Å². The van der Waals surface area contributed by atoms with Gasteiger partial charge in [0.25, 0.3) is 0 Å². The van der Waals surface area contributed by atoms with E-state index in [9.17, 15) is 4.79 Å². The van der Waals surface area contributed by atoms with Crippen LogP contribution in [0.1, 0.15) is 68.7 Å². The quantitative estimate of drug-likeness (QED) is 0.395. The van der Waals surface area contributed by atoms with Crippen molar-refractivity contribution in [3.63, 3.8) is 0 Å². The topological polar surface area (TPSA) is 87.4 Å². The Morgan fingerprint density at radius 3 is 2.69 bits per heavy atom. The van der Waals surface area contributed by atoms with Crippen LogP contribution in [0.25, 0.3) is 0 Å². The van der Waals surface area contributed by atoms with Crippen molar-refractivity contribution in [3.8, 4) is 0 Å². The number of carbonyl (C=O) groups excluding carboxylic acids is 1. The van der Waals surface area contributed by atoms with Gasteiger partial charge in [-0.15, -0.1) is 0 Å². The predicted molar refractivity (Wildman–Crippen MR) is 125 cm³/mol. The summed E-state index contributed by atoms with van der Waals surface area (Å²) in [4.78, 5) is 23.9. The number of rotatable bonds is 7. The lowest BCUT2D eigenvalue weighted by Crippen LogP contribution is -2.47. The molecule has 2 aliphatic heterocycles. The maximum Gasteiger partial charge on any atom is 0.223 e. The molecule has 0 saturated heterocycles. The lowest BCUT2D eigenvalue weighted by atomic mass is 10.1. The van der Waals surface area contributed by atoms with E-state index in [1.807, 2.05) is 21.7 Å². The number of nitrogens with one attached hydrogen (secondary N) is 2. The Morgan fingerprint density at radius 2 is 2.00 bits per heavy atom. The summed E-state index contributed by atoms with van der Waals surface area (Å²) < 4.78 is 2.03. The van der Waals surface area contributed by atoms with E-state index in [0.717, 1.165) is 63.0 Å². The van der Waals surface area contributed by atoms with E-state index in [0.29, 0.717) is 18.9 Å². The molecule has 2 aromatic rings. The zero-order valence-electron chi connectivity index (χ0n) is 19.5. The summed E-state index contributed by atoms with van der Waals surface area (Å²) in [5, 5.41) is 11.5. The van der Waals surface area contributed by atoms with Crippen LogP contribution in [-0.4, -0.2) is 50.7 Å². The Hall–Kier alpha value is -2.90. The van der Waals surface area contributed by atoms with Crippen LogP contribution in [0.4, 0.5) is 0 Å². The molecule has 172 valence electrons. The third-order valence-corrected chi connectivity index (χ3v) is 6.09. The fourth-order valence-electron chi connectivity index (χ4n) is 4.29. The maximum atomic E-state index is 12.6. The van der Waals surface area contributed by atoms with Crippen molar-refractivity contribution in [1.29, 1.82) is 0 Å². The fraction of sp³-hybridized carbons (Fsp3) is 0.583. The number of aryl methyl sites for hydroxylation is 1. The first-order valence-corrected chi connectivity index (χ1v) is 11.9. The molecule has 3 heterocycles. The van der Waals surface area contributed by atoms with E-state index >= 15 is 0 Å². The first-order chi connectivity index (χ1) is 15.5. The van der Waals surface area contributed by atoms with Crippen LogP contribution < -0.4 is 10.6 Å². The summed E-state index contributed by atoms with van der Waals surface area (Å²) in [5.74, 6) is 3.37. The molecule has 1 atom stereocenters. The largest absolute Gasteiger partial charge is 0.357 e. The van der Waals surface area contributed by atoms with E-state index in [2.05, 4.69) is 53.6 Å². The average molecular weight is 438 g/mol. The molecule has 1 aromatic heterocycles. The smallest absolute Gasteiger partial charge is 0.223 e. The van der Waals surface area contributed by atoms with Crippen LogP contribution in [0, 0.1) is 0 Å². The first kappa shape index (κ1) is 22.3. The Kier molecular flexibility index (Phi) is 7.07. The highest BCUT2D eigenvalue weighted by Crippen LogP contribution is 2.23. The highest BCUT2D eigenvalue weighted by Gasteiger charge is 2.24. The number of aliphatic imine (C=N–C) groups is 1. The first-order valence-electron chi connectivity index (χ1n) is 11.9. The maximum absolute atomic E-state index is 12.6. The molecule has 0 saturated carbocycles. The normalized spacial score (nSPS) is 17.9. The number of nitrogens with zero attached hydrogens (tertiary/aromatic N) is 5.